The zero-order valence-electron chi connectivity index (χ0n) is 14.5. The molecular formula is C19H13BrFN3O2S2. The van der Waals surface area contributed by atoms with Crippen molar-refractivity contribution in [2.75, 3.05) is 5.32 Å². The maximum atomic E-state index is 13.0. The number of amides is 1. The first-order valence-electron chi connectivity index (χ1n) is 8.20. The Morgan fingerprint density at radius 2 is 2.04 bits per heavy atom. The molecule has 0 aliphatic carbocycles. The Labute approximate surface area is 176 Å². The number of nitrogens with zero attached hydrogens (tertiary/aromatic N) is 2. The second kappa shape index (κ2) is 8.02. The van der Waals surface area contributed by atoms with Gasteiger partial charge in [-0.1, -0.05) is 51.2 Å². The first kappa shape index (κ1) is 19.1. The first-order chi connectivity index (χ1) is 13.5. The molecule has 28 heavy (non-hydrogen) atoms. The molecule has 0 unspecified atom stereocenters. The van der Waals surface area contributed by atoms with Crippen molar-refractivity contribution in [3.05, 3.63) is 69.6 Å². The molecule has 1 amide bonds. The summed E-state index contributed by atoms with van der Waals surface area (Å²) in [6.45, 7) is 1.85. The van der Waals surface area contributed by atoms with Gasteiger partial charge in [-0.15, -0.1) is 10.2 Å². The zero-order valence-corrected chi connectivity index (χ0v) is 17.8. The molecule has 0 aliphatic rings. The third kappa shape index (κ3) is 4.11. The van der Waals surface area contributed by atoms with Gasteiger partial charge in [0.2, 0.25) is 5.13 Å². The average molecular weight is 478 g/mol. The fraction of sp³-hybridized carbons (Fsp3) is 0.105. The lowest BCUT2D eigenvalue weighted by Gasteiger charge is -1.99. The van der Waals surface area contributed by atoms with Crippen LogP contribution in [0.4, 0.5) is 9.52 Å². The molecule has 2 heterocycles. The number of aromatic nitrogens is 2. The molecule has 0 saturated carbocycles. The van der Waals surface area contributed by atoms with Crippen LogP contribution in [0.2, 0.25) is 0 Å². The molecule has 0 saturated heterocycles. The Balaban J connectivity index is 1.44. The van der Waals surface area contributed by atoms with E-state index in [1.54, 1.807) is 12.1 Å². The second-order valence-corrected chi connectivity index (χ2v) is 9.05. The Morgan fingerprint density at radius 1 is 1.25 bits per heavy atom. The minimum Gasteiger partial charge on any atom is -0.451 e. The van der Waals surface area contributed by atoms with E-state index in [1.165, 1.54) is 35.2 Å². The predicted octanol–water partition coefficient (Wildman–Crippen LogP) is 6.04. The number of furan rings is 1. The van der Waals surface area contributed by atoms with Crippen LogP contribution in [0.25, 0.3) is 11.0 Å². The summed E-state index contributed by atoms with van der Waals surface area (Å²) in [6.07, 6.45) is 0. The van der Waals surface area contributed by atoms with Crippen molar-refractivity contribution in [1.29, 1.82) is 0 Å². The van der Waals surface area contributed by atoms with Crippen LogP contribution >= 0.6 is 39.0 Å². The fourth-order valence-electron chi connectivity index (χ4n) is 2.61. The summed E-state index contributed by atoms with van der Waals surface area (Å²) >= 11 is 6.15. The molecule has 4 rings (SSSR count). The molecule has 0 atom stereocenters. The Hall–Kier alpha value is -2.23. The smallest absolute Gasteiger partial charge is 0.293 e. The second-order valence-electron chi connectivity index (χ2n) is 5.94. The summed E-state index contributed by atoms with van der Waals surface area (Å²) < 4.78 is 20.3. The van der Waals surface area contributed by atoms with Crippen molar-refractivity contribution in [2.24, 2.45) is 0 Å². The standard InChI is InChI=1S/C19H13BrFN3O2S2/c1-10-14-7-4-12(20)8-15(14)26-16(10)17(25)22-18-23-24-19(28-18)27-9-11-2-5-13(21)6-3-11/h2-8H,9H2,1H3,(H,22,23,25). The normalized spacial score (nSPS) is 11.1. The van der Waals surface area contributed by atoms with E-state index in [1.807, 2.05) is 25.1 Å². The number of hydrogen-bond acceptors (Lipinski definition) is 6. The van der Waals surface area contributed by atoms with Gasteiger partial charge in [-0.3, -0.25) is 10.1 Å². The maximum Gasteiger partial charge on any atom is 0.293 e. The van der Waals surface area contributed by atoms with Crippen molar-refractivity contribution in [3.63, 3.8) is 0 Å². The number of carbonyl (C=O) groups excluding carboxylic acids is 1. The highest BCUT2D eigenvalue weighted by Crippen LogP contribution is 2.31. The van der Waals surface area contributed by atoms with Crippen LogP contribution in [0.15, 0.2) is 55.7 Å². The van der Waals surface area contributed by atoms with Crippen molar-refractivity contribution in [1.82, 2.24) is 10.2 Å². The topological polar surface area (TPSA) is 68.0 Å². The molecule has 142 valence electrons. The Kier molecular flexibility index (Phi) is 5.47. The van der Waals surface area contributed by atoms with E-state index in [2.05, 4.69) is 31.4 Å². The third-order valence-electron chi connectivity index (χ3n) is 4.01. The number of carbonyl (C=O) groups is 1. The largest absolute Gasteiger partial charge is 0.451 e. The molecule has 0 fully saturated rings. The summed E-state index contributed by atoms with van der Waals surface area (Å²) in [6, 6.07) is 12.0. The quantitative estimate of drug-likeness (QED) is 0.280. The number of thioether (sulfide) groups is 1. The van der Waals surface area contributed by atoms with E-state index >= 15 is 0 Å². The van der Waals surface area contributed by atoms with Crippen LogP contribution < -0.4 is 5.32 Å². The third-order valence-corrected chi connectivity index (χ3v) is 6.55. The maximum absolute atomic E-state index is 13.0. The van der Waals surface area contributed by atoms with Gasteiger partial charge < -0.3 is 4.42 Å². The molecule has 0 radical (unpaired) electrons. The molecule has 0 bridgehead atoms. The molecule has 0 aliphatic heterocycles. The molecule has 4 aromatic rings. The van der Waals surface area contributed by atoms with Crippen LogP contribution in [0.3, 0.4) is 0 Å². The number of benzene rings is 2. The van der Waals surface area contributed by atoms with Crippen molar-refractivity contribution < 1.29 is 13.6 Å². The molecule has 9 heteroatoms. The van der Waals surface area contributed by atoms with E-state index < -0.39 is 0 Å². The first-order valence-corrected chi connectivity index (χ1v) is 10.8. The van der Waals surface area contributed by atoms with E-state index in [4.69, 9.17) is 4.42 Å². The van der Waals surface area contributed by atoms with Crippen molar-refractivity contribution in [2.45, 2.75) is 17.0 Å². The minimum absolute atomic E-state index is 0.254. The number of anilines is 1. The van der Waals surface area contributed by atoms with Gasteiger partial charge in [0.25, 0.3) is 5.91 Å². The van der Waals surface area contributed by atoms with Crippen molar-refractivity contribution >= 4 is 61.0 Å². The minimum atomic E-state index is -0.365. The molecule has 5 nitrogen and oxygen atoms in total. The summed E-state index contributed by atoms with van der Waals surface area (Å²) in [5.41, 5.74) is 2.40. The van der Waals surface area contributed by atoms with Gasteiger partial charge in [0.05, 0.1) is 0 Å². The SMILES string of the molecule is Cc1c(C(=O)Nc2nnc(SCc3ccc(F)cc3)s2)oc2cc(Br)ccc12. The van der Waals surface area contributed by atoms with E-state index in [9.17, 15) is 9.18 Å². The summed E-state index contributed by atoms with van der Waals surface area (Å²) in [5, 5.41) is 12.1. The van der Waals surface area contributed by atoms with Gasteiger partial charge in [-0.25, -0.2) is 4.39 Å². The number of nitrogens with one attached hydrogen (secondary N) is 1. The highest BCUT2D eigenvalue weighted by Gasteiger charge is 2.19. The van der Waals surface area contributed by atoms with E-state index in [0.29, 0.717) is 20.8 Å². The number of rotatable bonds is 5. The molecule has 2 aromatic heterocycles. The average Bonchev–Trinajstić information content (AvgIpc) is 3.25. The molecular weight excluding hydrogens is 465 g/mol. The fourth-order valence-corrected chi connectivity index (χ4v) is 4.66. The van der Waals surface area contributed by atoms with E-state index in [-0.39, 0.29) is 17.5 Å². The Morgan fingerprint density at radius 3 is 2.82 bits per heavy atom. The lowest BCUT2D eigenvalue weighted by Crippen LogP contribution is -2.11. The van der Waals surface area contributed by atoms with E-state index in [0.717, 1.165) is 21.0 Å². The monoisotopic (exact) mass is 477 g/mol. The summed E-state index contributed by atoms with van der Waals surface area (Å²) in [4.78, 5) is 12.6. The lowest BCUT2D eigenvalue weighted by molar-refractivity contribution is 0.0998. The van der Waals surface area contributed by atoms with Crippen LogP contribution in [0.5, 0.6) is 0 Å². The number of aryl methyl sites for hydroxylation is 1. The molecule has 1 N–H and O–H groups in total. The zero-order chi connectivity index (χ0) is 19.7. The predicted molar refractivity (Wildman–Crippen MR) is 112 cm³/mol. The van der Waals surface area contributed by atoms with Gasteiger partial charge >= 0.3 is 0 Å². The van der Waals surface area contributed by atoms with Crippen molar-refractivity contribution in [3.8, 4) is 0 Å². The highest BCUT2D eigenvalue weighted by atomic mass is 79.9. The number of fused-ring (bicyclic) bond motifs is 1. The van der Waals surface area contributed by atoms with Gasteiger partial charge in [0.15, 0.2) is 10.1 Å². The van der Waals surface area contributed by atoms with Gasteiger partial charge in [-0.2, -0.15) is 0 Å². The van der Waals surface area contributed by atoms with Gasteiger partial charge in [-0.05, 0) is 42.8 Å². The van der Waals surface area contributed by atoms with Crippen LogP contribution in [-0.2, 0) is 5.75 Å². The lowest BCUT2D eigenvalue weighted by atomic mass is 10.1. The van der Waals surface area contributed by atoms with Crippen LogP contribution in [0, 0.1) is 12.7 Å². The molecule has 2 aromatic carbocycles. The van der Waals surface area contributed by atoms with Gasteiger partial charge in [0, 0.05) is 21.2 Å². The van der Waals surface area contributed by atoms with Crippen LogP contribution in [-0.4, -0.2) is 16.1 Å². The summed E-state index contributed by atoms with van der Waals surface area (Å²) in [5.74, 6) is 0.267. The number of hydrogen-bond donors (Lipinski definition) is 1. The van der Waals surface area contributed by atoms with Crippen LogP contribution in [0.1, 0.15) is 21.7 Å². The Bertz CT molecular complexity index is 1160. The highest BCUT2D eigenvalue weighted by molar-refractivity contribution is 9.10. The molecule has 0 spiro atoms. The number of halogens is 2. The van der Waals surface area contributed by atoms with Gasteiger partial charge in [0.1, 0.15) is 11.4 Å². The summed E-state index contributed by atoms with van der Waals surface area (Å²) in [7, 11) is 0.